The monoisotopic (exact) mass is 301 g/mol. The van der Waals surface area contributed by atoms with Crippen LogP contribution in [0.5, 0.6) is 0 Å². The van der Waals surface area contributed by atoms with Gasteiger partial charge in [0, 0.05) is 24.7 Å². The van der Waals surface area contributed by atoms with Crippen LogP contribution in [0.15, 0.2) is 23.6 Å². The van der Waals surface area contributed by atoms with Crippen molar-refractivity contribution < 1.29 is 0 Å². The maximum atomic E-state index is 6.43. The Morgan fingerprint density at radius 2 is 2.14 bits per heavy atom. The third-order valence-corrected chi connectivity index (χ3v) is 5.16. The number of aryl methyl sites for hydroxylation is 1. The number of nitrogens with zero attached hydrogens (tertiary/aromatic N) is 2. The van der Waals surface area contributed by atoms with Gasteiger partial charge in [-0.25, -0.2) is 4.98 Å². The zero-order valence-electron chi connectivity index (χ0n) is 13.0. The molecule has 0 saturated carbocycles. The van der Waals surface area contributed by atoms with Crippen molar-refractivity contribution in [2.24, 2.45) is 5.73 Å². The van der Waals surface area contributed by atoms with Crippen LogP contribution in [0.4, 0.5) is 5.69 Å². The lowest BCUT2D eigenvalue weighted by molar-refractivity contribution is 0.739. The second kappa shape index (κ2) is 5.78. The summed E-state index contributed by atoms with van der Waals surface area (Å²) in [7, 11) is 2.16. The van der Waals surface area contributed by atoms with E-state index < -0.39 is 0 Å². The number of hydrogen-bond acceptors (Lipinski definition) is 4. The van der Waals surface area contributed by atoms with Crippen molar-refractivity contribution >= 4 is 17.0 Å². The lowest BCUT2D eigenvalue weighted by atomic mass is 9.97. The minimum atomic E-state index is -0.111. The van der Waals surface area contributed by atoms with Gasteiger partial charge < -0.3 is 10.6 Å². The van der Waals surface area contributed by atoms with Gasteiger partial charge in [-0.3, -0.25) is 0 Å². The molecule has 1 aliphatic rings. The molecule has 0 aliphatic carbocycles. The first-order valence-corrected chi connectivity index (χ1v) is 8.49. The second-order valence-corrected chi connectivity index (χ2v) is 7.05. The molecule has 1 aromatic carbocycles. The highest BCUT2D eigenvalue weighted by Crippen LogP contribution is 2.31. The average Bonchev–Trinajstić information content (AvgIpc) is 2.96. The molecule has 112 valence electrons. The number of hydrogen-bond donors (Lipinski definition) is 1. The predicted octanol–water partition coefficient (Wildman–Crippen LogP) is 3.70. The van der Waals surface area contributed by atoms with Gasteiger partial charge in [0.1, 0.15) is 5.01 Å². The van der Waals surface area contributed by atoms with Crippen LogP contribution in [-0.4, -0.2) is 18.6 Å². The van der Waals surface area contributed by atoms with Crippen LogP contribution in [0.2, 0.25) is 0 Å². The Balaban J connectivity index is 1.89. The Bertz CT molecular complexity index is 633. The van der Waals surface area contributed by atoms with Crippen LogP contribution < -0.4 is 10.6 Å². The normalized spacial score (nSPS) is 16.1. The van der Waals surface area contributed by atoms with Gasteiger partial charge in [-0.2, -0.15) is 0 Å². The maximum absolute atomic E-state index is 6.43. The molecule has 0 saturated heterocycles. The van der Waals surface area contributed by atoms with Crippen LogP contribution in [0.25, 0.3) is 0 Å². The number of nitrogens with two attached hydrogens (primary N) is 1. The molecule has 2 heterocycles. The molecule has 0 spiro atoms. The fourth-order valence-electron chi connectivity index (χ4n) is 2.85. The van der Waals surface area contributed by atoms with Crippen molar-refractivity contribution in [1.29, 1.82) is 0 Å². The number of benzene rings is 1. The lowest BCUT2D eigenvalue weighted by Gasteiger charge is -2.28. The highest BCUT2D eigenvalue weighted by Gasteiger charge is 2.18. The summed E-state index contributed by atoms with van der Waals surface area (Å²) >= 11 is 1.67. The quantitative estimate of drug-likeness (QED) is 0.940. The maximum Gasteiger partial charge on any atom is 0.114 e. The number of anilines is 1. The lowest BCUT2D eigenvalue weighted by Crippen LogP contribution is -2.25. The largest absolute Gasteiger partial charge is 0.374 e. The van der Waals surface area contributed by atoms with Crippen molar-refractivity contribution in [2.45, 2.75) is 38.6 Å². The van der Waals surface area contributed by atoms with E-state index in [9.17, 15) is 0 Å². The molecular formula is C17H23N3S. The number of rotatable bonds is 3. The van der Waals surface area contributed by atoms with E-state index in [0.717, 1.165) is 23.7 Å². The molecule has 0 amide bonds. The van der Waals surface area contributed by atoms with Gasteiger partial charge in [0.2, 0.25) is 0 Å². The van der Waals surface area contributed by atoms with E-state index in [1.807, 2.05) is 0 Å². The Morgan fingerprint density at radius 3 is 2.86 bits per heavy atom. The fraction of sp³-hybridized carbons (Fsp3) is 0.471. The van der Waals surface area contributed by atoms with Gasteiger partial charge in [0.15, 0.2) is 0 Å². The molecule has 0 fully saturated rings. The molecule has 1 aliphatic heterocycles. The Morgan fingerprint density at radius 1 is 1.33 bits per heavy atom. The molecule has 4 heteroatoms. The summed E-state index contributed by atoms with van der Waals surface area (Å²) in [6.45, 7) is 5.47. The molecular weight excluding hydrogens is 278 g/mol. The molecule has 0 radical (unpaired) electrons. The van der Waals surface area contributed by atoms with E-state index in [0.29, 0.717) is 5.92 Å². The Labute approximate surface area is 130 Å². The SMILES string of the molecule is CC(C)c1csc(C(N)c2ccc3c(c2)CCCN3C)n1. The van der Waals surface area contributed by atoms with Crippen LogP contribution >= 0.6 is 11.3 Å². The average molecular weight is 301 g/mol. The van der Waals surface area contributed by atoms with Crippen LogP contribution in [-0.2, 0) is 6.42 Å². The van der Waals surface area contributed by atoms with Gasteiger partial charge in [0.25, 0.3) is 0 Å². The summed E-state index contributed by atoms with van der Waals surface area (Å²) < 4.78 is 0. The van der Waals surface area contributed by atoms with E-state index in [1.165, 1.54) is 23.2 Å². The topological polar surface area (TPSA) is 42.1 Å². The van der Waals surface area contributed by atoms with Crippen LogP contribution in [0.1, 0.15) is 54.1 Å². The molecule has 21 heavy (non-hydrogen) atoms. The number of fused-ring (bicyclic) bond motifs is 1. The van der Waals surface area contributed by atoms with Crippen molar-refractivity contribution in [1.82, 2.24) is 4.98 Å². The number of thiazole rings is 1. The fourth-order valence-corrected chi connectivity index (χ4v) is 3.86. The van der Waals surface area contributed by atoms with Crippen molar-refractivity contribution in [3.05, 3.63) is 45.4 Å². The van der Waals surface area contributed by atoms with Crippen molar-refractivity contribution in [2.75, 3.05) is 18.5 Å². The second-order valence-electron chi connectivity index (χ2n) is 6.16. The van der Waals surface area contributed by atoms with Gasteiger partial charge in [0.05, 0.1) is 11.7 Å². The minimum absolute atomic E-state index is 0.111. The summed E-state index contributed by atoms with van der Waals surface area (Å²) in [5.41, 5.74) is 11.5. The first-order chi connectivity index (χ1) is 10.1. The molecule has 2 N–H and O–H groups in total. The van der Waals surface area contributed by atoms with Gasteiger partial charge in [-0.05, 0) is 36.0 Å². The van der Waals surface area contributed by atoms with Gasteiger partial charge in [-0.1, -0.05) is 26.0 Å². The third kappa shape index (κ3) is 2.83. The number of aromatic nitrogens is 1. The van der Waals surface area contributed by atoms with Gasteiger partial charge >= 0.3 is 0 Å². The van der Waals surface area contributed by atoms with E-state index >= 15 is 0 Å². The summed E-state index contributed by atoms with van der Waals surface area (Å²) in [4.78, 5) is 7.02. The van der Waals surface area contributed by atoms with E-state index in [-0.39, 0.29) is 6.04 Å². The van der Waals surface area contributed by atoms with Crippen molar-refractivity contribution in [3.8, 4) is 0 Å². The standard InChI is InChI=1S/C17H23N3S/c1-11(2)14-10-21-17(19-14)16(18)13-6-7-15-12(9-13)5-4-8-20(15)3/h6-7,9-11,16H,4-5,8,18H2,1-3H3. The zero-order chi connectivity index (χ0) is 15.0. The summed E-state index contributed by atoms with van der Waals surface area (Å²) in [5, 5.41) is 3.15. The smallest absolute Gasteiger partial charge is 0.114 e. The molecule has 1 aromatic heterocycles. The van der Waals surface area contributed by atoms with E-state index in [4.69, 9.17) is 10.7 Å². The molecule has 3 rings (SSSR count). The minimum Gasteiger partial charge on any atom is -0.374 e. The first kappa shape index (κ1) is 14.5. The van der Waals surface area contributed by atoms with Crippen LogP contribution in [0.3, 0.4) is 0 Å². The highest BCUT2D eigenvalue weighted by molar-refractivity contribution is 7.09. The highest BCUT2D eigenvalue weighted by atomic mass is 32.1. The summed E-state index contributed by atoms with van der Waals surface area (Å²) in [6, 6.07) is 6.52. The molecule has 3 nitrogen and oxygen atoms in total. The third-order valence-electron chi connectivity index (χ3n) is 4.21. The van der Waals surface area contributed by atoms with E-state index in [2.05, 4.69) is 49.4 Å². The Kier molecular flexibility index (Phi) is 4.00. The van der Waals surface area contributed by atoms with Crippen molar-refractivity contribution in [3.63, 3.8) is 0 Å². The molecule has 2 aromatic rings. The Hall–Kier alpha value is -1.39. The zero-order valence-corrected chi connectivity index (χ0v) is 13.8. The molecule has 1 unspecified atom stereocenters. The van der Waals surface area contributed by atoms with E-state index in [1.54, 1.807) is 11.3 Å². The van der Waals surface area contributed by atoms with Crippen LogP contribution in [0, 0.1) is 0 Å². The predicted molar refractivity (Wildman–Crippen MR) is 90.3 cm³/mol. The molecule has 0 bridgehead atoms. The summed E-state index contributed by atoms with van der Waals surface area (Å²) in [6.07, 6.45) is 2.37. The van der Waals surface area contributed by atoms with Gasteiger partial charge in [-0.15, -0.1) is 11.3 Å². The summed E-state index contributed by atoms with van der Waals surface area (Å²) in [5.74, 6) is 0.458. The molecule has 1 atom stereocenters. The first-order valence-electron chi connectivity index (χ1n) is 7.61.